The van der Waals surface area contributed by atoms with E-state index in [2.05, 4.69) is 10.3 Å². The first kappa shape index (κ1) is 18.4. The van der Waals surface area contributed by atoms with Gasteiger partial charge in [-0.15, -0.1) is 0 Å². The molecule has 6 nitrogen and oxygen atoms in total. The maximum atomic E-state index is 12.9. The molecule has 2 amide bonds. The molecule has 0 aliphatic heterocycles. The van der Waals surface area contributed by atoms with Gasteiger partial charge in [0.25, 0.3) is 5.91 Å². The average Bonchev–Trinajstić information content (AvgIpc) is 2.96. The molecule has 0 fully saturated rings. The lowest BCUT2D eigenvalue weighted by Gasteiger charge is -2.17. The number of amides is 2. The summed E-state index contributed by atoms with van der Waals surface area (Å²) in [7, 11) is 1.63. The number of hydrogen-bond acceptors (Lipinski definition) is 3. The smallest absolute Gasteiger partial charge is 0.255 e. The Balaban J connectivity index is 1.75. The Morgan fingerprint density at radius 3 is 2.52 bits per heavy atom. The summed E-state index contributed by atoms with van der Waals surface area (Å²) in [5.41, 5.74) is 3.94. The number of likely N-dealkylation sites (N-methyl/N-ethyl adjacent to an activating group) is 1. The summed E-state index contributed by atoms with van der Waals surface area (Å²) in [6.07, 6.45) is 3.47. The topological polar surface area (TPSA) is 67.2 Å². The molecule has 2 heterocycles. The molecule has 0 unspecified atom stereocenters. The Kier molecular flexibility index (Phi) is 5.35. The number of pyridine rings is 1. The minimum Gasteiger partial charge on any atom is -0.332 e. The Morgan fingerprint density at radius 2 is 1.85 bits per heavy atom. The number of rotatable bonds is 5. The summed E-state index contributed by atoms with van der Waals surface area (Å²) in [6, 6.07) is 14.8. The summed E-state index contributed by atoms with van der Waals surface area (Å²) >= 11 is 0. The van der Waals surface area contributed by atoms with Crippen LogP contribution in [-0.4, -0.2) is 39.9 Å². The van der Waals surface area contributed by atoms with Gasteiger partial charge in [-0.25, -0.2) is 0 Å². The van der Waals surface area contributed by atoms with E-state index < -0.39 is 0 Å². The number of aryl methyl sites for hydroxylation is 1. The zero-order chi connectivity index (χ0) is 19.4. The SMILES string of the molecule is Cc1cc(C(=O)N(C)CC(=O)Nc2ccccc2)c(C)n1-c1cccnc1. The van der Waals surface area contributed by atoms with Crippen molar-refractivity contribution in [2.45, 2.75) is 13.8 Å². The van der Waals surface area contributed by atoms with Gasteiger partial charge in [0.15, 0.2) is 0 Å². The van der Waals surface area contributed by atoms with Crippen LogP contribution in [0.3, 0.4) is 0 Å². The van der Waals surface area contributed by atoms with E-state index in [1.807, 2.05) is 54.8 Å². The van der Waals surface area contributed by atoms with Crippen LogP contribution in [0.5, 0.6) is 0 Å². The second-order valence-electron chi connectivity index (χ2n) is 6.41. The van der Waals surface area contributed by atoms with Crippen molar-refractivity contribution < 1.29 is 9.59 Å². The molecule has 6 heteroatoms. The van der Waals surface area contributed by atoms with Gasteiger partial charge < -0.3 is 14.8 Å². The predicted octanol–water partition coefficient (Wildman–Crippen LogP) is 3.20. The summed E-state index contributed by atoms with van der Waals surface area (Å²) in [4.78, 5) is 30.7. The molecule has 1 N–H and O–H groups in total. The van der Waals surface area contributed by atoms with Gasteiger partial charge in [0.05, 0.1) is 24.0 Å². The lowest BCUT2D eigenvalue weighted by Crippen LogP contribution is -2.35. The molecule has 2 aromatic heterocycles. The Labute approximate surface area is 158 Å². The van der Waals surface area contributed by atoms with Crippen molar-refractivity contribution in [1.29, 1.82) is 0 Å². The molecule has 0 saturated carbocycles. The third-order valence-corrected chi connectivity index (χ3v) is 4.35. The lowest BCUT2D eigenvalue weighted by atomic mass is 10.2. The summed E-state index contributed by atoms with van der Waals surface area (Å²) in [6.45, 7) is 3.81. The molecule has 0 aliphatic rings. The van der Waals surface area contributed by atoms with E-state index in [1.54, 1.807) is 31.6 Å². The normalized spacial score (nSPS) is 10.5. The summed E-state index contributed by atoms with van der Waals surface area (Å²) < 4.78 is 1.98. The number of carbonyl (C=O) groups excluding carboxylic acids is 2. The molecule has 3 aromatic rings. The monoisotopic (exact) mass is 362 g/mol. The van der Waals surface area contributed by atoms with Gasteiger partial charge in [-0.1, -0.05) is 18.2 Å². The molecule has 0 spiro atoms. The van der Waals surface area contributed by atoms with Gasteiger partial charge in [0.1, 0.15) is 0 Å². The highest BCUT2D eigenvalue weighted by molar-refractivity contribution is 6.00. The number of nitrogens with zero attached hydrogens (tertiary/aromatic N) is 3. The molecule has 1 aromatic carbocycles. The van der Waals surface area contributed by atoms with E-state index in [9.17, 15) is 9.59 Å². The van der Waals surface area contributed by atoms with Crippen molar-refractivity contribution in [3.63, 3.8) is 0 Å². The summed E-state index contributed by atoms with van der Waals surface area (Å²) in [5.74, 6) is -0.431. The van der Waals surface area contributed by atoms with Gasteiger partial charge in [0, 0.05) is 30.3 Å². The number of carbonyl (C=O) groups is 2. The zero-order valence-electron chi connectivity index (χ0n) is 15.6. The fraction of sp³-hybridized carbons (Fsp3) is 0.190. The van der Waals surface area contributed by atoms with Gasteiger partial charge >= 0.3 is 0 Å². The summed E-state index contributed by atoms with van der Waals surface area (Å²) in [5, 5.41) is 2.79. The number of para-hydroxylation sites is 1. The van der Waals surface area contributed by atoms with E-state index in [0.717, 1.165) is 17.1 Å². The molecular weight excluding hydrogens is 340 g/mol. The number of nitrogens with one attached hydrogen (secondary N) is 1. The average molecular weight is 362 g/mol. The van der Waals surface area contributed by atoms with Crippen LogP contribution >= 0.6 is 0 Å². The van der Waals surface area contributed by atoms with E-state index in [-0.39, 0.29) is 18.4 Å². The zero-order valence-corrected chi connectivity index (χ0v) is 15.6. The van der Waals surface area contributed by atoms with Gasteiger partial charge in [0.2, 0.25) is 5.91 Å². The maximum absolute atomic E-state index is 12.9. The van der Waals surface area contributed by atoms with Crippen molar-refractivity contribution in [2.75, 3.05) is 18.9 Å². The first-order chi connectivity index (χ1) is 13.0. The molecule has 138 valence electrons. The molecule has 0 radical (unpaired) electrons. The number of anilines is 1. The lowest BCUT2D eigenvalue weighted by molar-refractivity contribution is -0.116. The Hall–Kier alpha value is -3.41. The quantitative estimate of drug-likeness (QED) is 0.758. The van der Waals surface area contributed by atoms with Crippen LogP contribution in [-0.2, 0) is 4.79 Å². The van der Waals surface area contributed by atoms with E-state index in [1.165, 1.54) is 4.90 Å². The van der Waals surface area contributed by atoms with Crippen LogP contribution < -0.4 is 5.32 Å². The molecule has 3 rings (SSSR count). The van der Waals surface area contributed by atoms with Crippen molar-refractivity contribution in [3.05, 3.63) is 77.9 Å². The van der Waals surface area contributed by atoms with Crippen LogP contribution in [0, 0.1) is 13.8 Å². The molecule has 0 aliphatic carbocycles. The van der Waals surface area contributed by atoms with Crippen LogP contribution in [0.1, 0.15) is 21.7 Å². The minimum absolute atomic E-state index is 0.0235. The van der Waals surface area contributed by atoms with Crippen LogP contribution in [0.15, 0.2) is 60.9 Å². The highest BCUT2D eigenvalue weighted by Gasteiger charge is 2.21. The first-order valence-electron chi connectivity index (χ1n) is 8.67. The van der Waals surface area contributed by atoms with Crippen molar-refractivity contribution in [2.24, 2.45) is 0 Å². The van der Waals surface area contributed by atoms with Crippen LogP contribution in [0.25, 0.3) is 5.69 Å². The van der Waals surface area contributed by atoms with E-state index in [4.69, 9.17) is 0 Å². The molecule has 27 heavy (non-hydrogen) atoms. The minimum atomic E-state index is -0.238. The molecule has 0 saturated heterocycles. The van der Waals surface area contributed by atoms with Crippen LogP contribution in [0.4, 0.5) is 5.69 Å². The Bertz CT molecular complexity index is 949. The van der Waals surface area contributed by atoms with E-state index in [0.29, 0.717) is 11.3 Å². The van der Waals surface area contributed by atoms with E-state index >= 15 is 0 Å². The van der Waals surface area contributed by atoms with Crippen molar-refractivity contribution in [3.8, 4) is 5.69 Å². The fourth-order valence-corrected chi connectivity index (χ4v) is 3.08. The molecular formula is C21H22N4O2. The Morgan fingerprint density at radius 1 is 1.11 bits per heavy atom. The molecule has 0 atom stereocenters. The van der Waals surface area contributed by atoms with Crippen molar-refractivity contribution in [1.82, 2.24) is 14.5 Å². The fourth-order valence-electron chi connectivity index (χ4n) is 3.08. The highest BCUT2D eigenvalue weighted by atomic mass is 16.2. The third-order valence-electron chi connectivity index (χ3n) is 4.35. The standard InChI is InChI=1S/C21H22N4O2/c1-15-12-19(16(2)25(15)18-10-7-11-22-13-18)21(27)24(3)14-20(26)23-17-8-5-4-6-9-17/h4-13H,14H2,1-3H3,(H,23,26). The first-order valence-corrected chi connectivity index (χ1v) is 8.67. The highest BCUT2D eigenvalue weighted by Crippen LogP contribution is 2.21. The largest absolute Gasteiger partial charge is 0.332 e. The van der Waals surface area contributed by atoms with Gasteiger partial charge in [-0.3, -0.25) is 14.6 Å². The predicted molar refractivity (Wildman–Crippen MR) is 105 cm³/mol. The number of benzene rings is 1. The van der Waals surface area contributed by atoms with Gasteiger partial charge in [-0.05, 0) is 44.2 Å². The number of aromatic nitrogens is 2. The number of hydrogen-bond donors (Lipinski definition) is 1. The third kappa shape index (κ3) is 4.06. The van der Waals surface area contributed by atoms with Crippen molar-refractivity contribution >= 4 is 17.5 Å². The van der Waals surface area contributed by atoms with Gasteiger partial charge in [-0.2, -0.15) is 0 Å². The van der Waals surface area contributed by atoms with Crippen LogP contribution in [0.2, 0.25) is 0 Å². The second-order valence-corrected chi connectivity index (χ2v) is 6.41. The molecule has 0 bridgehead atoms. The second kappa shape index (κ2) is 7.86. The maximum Gasteiger partial charge on any atom is 0.255 e.